The standard InChI is InChI=1S/C41H58F3N6O9P/c1-55-35-23-30(24-45)18-19-31(35)25-56-32(17-15-13-11-9-7-5-3-2-4-6-8-10-12-14-16-22-41(42,43)44)26-57-60(53,54)58-28-40(27-46)38(52)36(51)37(59-40)33-20-21-34-39(47)48-29-49-50(33)34/h18-21,23,29,32,36-38,51-52H,2-17,22,25-26,28H2,1H3,(H,53,54)(H2,47,48,49)/t32-,36-,37-,38-,40+/m0/s1. The molecule has 3 aromatic rings. The molecule has 3 heterocycles. The second-order valence-corrected chi connectivity index (χ2v) is 16.7. The van der Waals surface area contributed by atoms with Crippen molar-refractivity contribution >= 4 is 19.2 Å². The Morgan fingerprint density at radius 2 is 1.57 bits per heavy atom. The molecule has 6 atom stereocenters. The molecule has 332 valence electrons. The van der Waals surface area contributed by atoms with Gasteiger partial charge in [-0.25, -0.2) is 14.1 Å². The number of nitrogen functional groups attached to an aromatic ring is 1. The number of hydrogen-bond donors (Lipinski definition) is 4. The smallest absolute Gasteiger partial charge is 0.472 e. The summed E-state index contributed by atoms with van der Waals surface area (Å²) >= 11 is 0. The first-order valence-corrected chi connectivity index (χ1v) is 22.1. The van der Waals surface area contributed by atoms with Gasteiger partial charge in [-0.3, -0.25) is 9.05 Å². The number of aliphatic hydroxyl groups excluding tert-OH is 2. The highest BCUT2D eigenvalue weighted by Gasteiger charge is 2.57. The summed E-state index contributed by atoms with van der Waals surface area (Å²) in [5, 5.41) is 45.3. The molecule has 1 fully saturated rings. The number of fused-ring (bicyclic) bond motifs is 1. The van der Waals surface area contributed by atoms with E-state index >= 15 is 0 Å². The Balaban J connectivity index is 1.21. The predicted molar refractivity (Wildman–Crippen MR) is 214 cm³/mol. The van der Waals surface area contributed by atoms with Crippen LogP contribution in [0.5, 0.6) is 5.75 Å². The molecule has 0 spiro atoms. The van der Waals surface area contributed by atoms with E-state index in [1.807, 2.05) is 0 Å². The average Bonchev–Trinajstić information content (AvgIpc) is 3.77. The van der Waals surface area contributed by atoms with E-state index in [1.165, 1.54) is 24.0 Å². The number of nitrogens with two attached hydrogens (primary N) is 1. The van der Waals surface area contributed by atoms with Crippen molar-refractivity contribution in [2.45, 2.75) is 152 Å². The number of halogens is 3. The van der Waals surface area contributed by atoms with Gasteiger partial charge in [0, 0.05) is 12.0 Å². The summed E-state index contributed by atoms with van der Waals surface area (Å²) in [5.74, 6) is 0.603. The highest BCUT2D eigenvalue weighted by Crippen LogP contribution is 2.48. The maximum Gasteiger partial charge on any atom is 0.472 e. The van der Waals surface area contributed by atoms with Gasteiger partial charge in [-0.1, -0.05) is 96.0 Å². The van der Waals surface area contributed by atoms with Crippen LogP contribution in [0.3, 0.4) is 0 Å². The van der Waals surface area contributed by atoms with E-state index in [4.69, 9.17) is 29.0 Å². The van der Waals surface area contributed by atoms with Gasteiger partial charge in [-0.05, 0) is 37.1 Å². The van der Waals surface area contributed by atoms with E-state index in [-0.39, 0.29) is 31.1 Å². The number of phosphoric acid groups is 1. The summed E-state index contributed by atoms with van der Waals surface area (Å²) in [6, 6.07) is 11.9. The Kier molecular flexibility index (Phi) is 19.5. The van der Waals surface area contributed by atoms with E-state index in [0.29, 0.717) is 35.2 Å². The third kappa shape index (κ3) is 15.0. The largest absolute Gasteiger partial charge is 0.496 e. The Labute approximate surface area is 349 Å². The average molecular weight is 867 g/mol. The third-order valence-corrected chi connectivity index (χ3v) is 11.6. The van der Waals surface area contributed by atoms with E-state index in [9.17, 15) is 43.4 Å². The highest BCUT2D eigenvalue weighted by molar-refractivity contribution is 7.47. The summed E-state index contributed by atoms with van der Waals surface area (Å²) in [7, 11) is -3.39. The topological polar surface area (TPSA) is 228 Å². The first-order valence-electron chi connectivity index (χ1n) is 20.6. The number of nitriles is 2. The Bertz CT molecular complexity index is 1910. The summed E-state index contributed by atoms with van der Waals surface area (Å²) in [6.07, 6.45) is 5.81. The van der Waals surface area contributed by atoms with Crippen LogP contribution in [0.4, 0.5) is 19.0 Å². The number of ether oxygens (including phenoxy) is 3. The first-order chi connectivity index (χ1) is 28.7. The summed E-state index contributed by atoms with van der Waals surface area (Å²) in [5.41, 5.74) is 5.39. The van der Waals surface area contributed by atoms with Gasteiger partial charge in [0.05, 0.1) is 43.8 Å². The van der Waals surface area contributed by atoms with Gasteiger partial charge in [0.2, 0.25) is 5.60 Å². The van der Waals surface area contributed by atoms with Crippen molar-refractivity contribution in [1.29, 1.82) is 10.5 Å². The molecule has 2 aromatic heterocycles. The molecule has 0 aliphatic carbocycles. The molecular weight excluding hydrogens is 808 g/mol. The minimum atomic E-state index is -4.87. The second-order valence-electron chi connectivity index (χ2n) is 15.2. The molecule has 15 nitrogen and oxygen atoms in total. The lowest BCUT2D eigenvalue weighted by molar-refractivity contribution is -0.135. The lowest BCUT2D eigenvalue weighted by Crippen LogP contribution is -2.45. The molecule has 0 radical (unpaired) electrons. The van der Waals surface area contributed by atoms with E-state index in [2.05, 4.69) is 16.2 Å². The number of benzene rings is 1. The van der Waals surface area contributed by atoms with Crippen molar-refractivity contribution in [3.63, 3.8) is 0 Å². The number of methoxy groups -OCH3 is 1. The monoisotopic (exact) mass is 866 g/mol. The van der Waals surface area contributed by atoms with Crippen molar-refractivity contribution in [2.24, 2.45) is 0 Å². The quantitative estimate of drug-likeness (QED) is 0.0399. The maximum atomic E-state index is 13.2. The van der Waals surface area contributed by atoms with Crippen molar-refractivity contribution in [1.82, 2.24) is 14.6 Å². The molecule has 1 aliphatic rings. The molecule has 0 amide bonds. The molecule has 0 bridgehead atoms. The van der Waals surface area contributed by atoms with Crippen molar-refractivity contribution in [3.05, 3.63) is 53.5 Å². The van der Waals surface area contributed by atoms with Crippen LogP contribution < -0.4 is 10.5 Å². The number of alkyl halides is 3. The number of phosphoric ester groups is 1. The molecule has 4 rings (SSSR count). The number of anilines is 1. The van der Waals surface area contributed by atoms with Crippen molar-refractivity contribution in [2.75, 3.05) is 26.1 Å². The lowest BCUT2D eigenvalue weighted by atomic mass is 9.96. The molecule has 0 saturated carbocycles. The summed E-state index contributed by atoms with van der Waals surface area (Å²) < 4.78 is 79.1. The molecule has 19 heteroatoms. The van der Waals surface area contributed by atoms with E-state index in [0.717, 1.165) is 83.5 Å². The molecule has 5 N–H and O–H groups in total. The molecule has 1 saturated heterocycles. The molecule has 1 aliphatic heterocycles. The van der Waals surface area contributed by atoms with Gasteiger partial charge in [-0.2, -0.15) is 28.8 Å². The Morgan fingerprint density at radius 1 is 0.950 bits per heavy atom. The van der Waals surface area contributed by atoms with Gasteiger partial charge in [0.25, 0.3) is 0 Å². The fraction of sp³-hybridized carbons (Fsp3) is 0.659. The van der Waals surface area contributed by atoms with Gasteiger partial charge < -0.3 is 35.1 Å². The Morgan fingerprint density at radius 3 is 2.15 bits per heavy atom. The minimum absolute atomic E-state index is 0.0588. The van der Waals surface area contributed by atoms with E-state index < -0.39 is 57.0 Å². The zero-order valence-corrected chi connectivity index (χ0v) is 35.0. The second kappa shape index (κ2) is 24.0. The molecular formula is C41H58F3N6O9P. The number of rotatable bonds is 28. The van der Waals surface area contributed by atoms with Crippen LogP contribution in [0, 0.1) is 22.7 Å². The summed E-state index contributed by atoms with van der Waals surface area (Å²) in [4.78, 5) is 14.6. The van der Waals surface area contributed by atoms with E-state index in [1.54, 1.807) is 30.3 Å². The van der Waals surface area contributed by atoms with Crippen molar-refractivity contribution in [3.8, 4) is 17.9 Å². The van der Waals surface area contributed by atoms with Crippen LogP contribution >= 0.6 is 7.82 Å². The van der Waals surface area contributed by atoms with Crippen LogP contribution in [0.15, 0.2) is 36.7 Å². The van der Waals surface area contributed by atoms with Crippen molar-refractivity contribution < 1.29 is 56.1 Å². The minimum Gasteiger partial charge on any atom is -0.496 e. The number of unbranched alkanes of at least 4 members (excludes halogenated alkanes) is 14. The SMILES string of the molecule is COc1cc(C#N)ccc1CO[C@@H](CCCCCCCCCCCCCCCCCC(F)(F)F)COP(=O)(O)OC[C@@]1(C#N)O[C@@H](c2ccc3c(N)ncnn23)[C@H](O)[C@@H]1O. The maximum absolute atomic E-state index is 13.2. The zero-order chi connectivity index (χ0) is 43.6. The fourth-order valence-electron chi connectivity index (χ4n) is 7.22. The van der Waals surface area contributed by atoms with Gasteiger partial charge >= 0.3 is 14.0 Å². The normalized spacial score (nSPS) is 20.8. The third-order valence-electron chi connectivity index (χ3n) is 10.7. The van der Waals surface area contributed by atoms with Crippen LogP contribution in [0.2, 0.25) is 0 Å². The first kappa shape index (κ1) is 48.8. The van der Waals surface area contributed by atoms with Crippen LogP contribution in [-0.2, 0) is 29.7 Å². The molecule has 60 heavy (non-hydrogen) atoms. The van der Waals surface area contributed by atoms with Crippen LogP contribution in [-0.4, -0.2) is 80.1 Å². The number of aromatic nitrogens is 3. The van der Waals surface area contributed by atoms with Crippen LogP contribution in [0.1, 0.15) is 132 Å². The fourth-order valence-corrected chi connectivity index (χ4v) is 8.00. The summed E-state index contributed by atoms with van der Waals surface area (Å²) in [6.45, 7) is -1.21. The number of aliphatic hydroxyl groups is 2. The van der Waals surface area contributed by atoms with Gasteiger partial charge in [0.15, 0.2) is 5.82 Å². The highest BCUT2D eigenvalue weighted by atomic mass is 31.2. The lowest BCUT2D eigenvalue weighted by Gasteiger charge is -2.26. The molecule has 1 unspecified atom stereocenters. The van der Waals surface area contributed by atoms with Gasteiger partial charge in [0.1, 0.15) is 48.6 Å². The Hall–Kier alpha value is -3.84. The predicted octanol–water partition coefficient (Wildman–Crippen LogP) is 8.16. The molecule has 1 aromatic carbocycles. The van der Waals surface area contributed by atoms with Crippen LogP contribution in [0.25, 0.3) is 5.52 Å². The number of hydrogen-bond acceptors (Lipinski definition) is 13. The zero-order valence-electron chi connectivity index (χ0n) is 34.1. The number of nitrogens with zero attached hydrogens (tertiary/aromatic N) is 5. The van der Waals surface area contributed by atoms with Gasteiger partial charge in [-0.15, -0.1) is 0 Å².